The van der Waals surface area contributed by atoms with E-state index >= 15 is 0 Å². The van der Waals surface area contributed by atoms with E-state index in [4.69, 9.17) is 4.74 Å². The fourth-order valence-corrected chi connectivity index (χ4v) is 1.84. The molecule has 0 saturated carbocycles. The van der Waals surface area contributed by atoms with Gasteiger partial charge in [0.2, 0.25) is 0 Å². The van der Waals surface area contributed by atoms with Crippen LogP contribution < -0.4 is 0 Å². The summed E-state index contributed by atoms with van der Waals surface area (Å²) >= 11 is 3.44. The molecule has 0 radical (unpaired) electrons. The third-order valence-electron chi connectivity index (χ3n) is 1.86. The minimum absolute atomic E-state index is 0.929. The summed E-state index contributed by atoms with van der Waals surface area (Å²) in [5, 5.41) is 1.15. The van der Waals surface area contributed by atoms with Gasteiger partial charge < -0.3 is 4.74 Å². The summed E-state index contributed by atoms with van der Waals surface area (Å²) in [5.74, 6) is 0.929. The van der Waals surface area contributed by atoms with Crippen LogP contribution in [0.25, 0.3) is 0 Å². The number of halogens is 1. The van der Waals surface area contributed by atoms with Gasteiger partial charge in [-0.3, -0.25) is 0 Å². The molecule has 0 spiro atoms. The van der Waals surface area contributed by atoms with E-state index in [1.165, 1.54) is 19.3 Å². The van der Waals surface area contributed by atoms with Crippen molar-refractivity contribution >= 4 is 15.9 Å². The highest BCUT2D eigenvalue weighted by atomic mass is 79.9. The highest BCUT2D eigenvalue weighted by Crippen LogP contribution is 2.18. The average molecular weight is 193 g/mol. The quantitative estimate of drug-likeness (QED) is 0.611. The van der Waals surface area contributed by atoms with Gasteiger partial charge in [0.05, 0.1) is 0 Å². The van der Waals surface area contributed by atoms with Gasteiger partial charge in [-0.05, 0) is 25.2 Å². The van der Waals surface area contributed by atoms with E-state index in [1.54, 1.807) is 0 Å². The molecule has 9 heavy (non-hydrogen) atoms. The first-order chi connectivity index (χ1) is 4.43. The Morgan fingerprint density at radius 2 is 2.00 bits per heavy atom. The maximum absolute atomic E-state index is 5.23. The monoisotopic (exact) mass is 192 g/mol. The Hall–Kier alpha value is 0.440. The van der Waals surface area contributed by atoms with Gasteiger partial charge in [-0.15, -0.1) is 0 Å². The third-order valence-corrected chi connectivity index (χ3v) is 2.32. The molecule has 1 heterocycles. The summed E-state index contributed by atoms with van der Waals surface area (Å²) in [7, 11) is 0. The number of ether oxygens (including phenoxy) is 1. The van der Waals surface area contributed by atoms with Crippen LogP contribution in [0.3, 0.4) is 0 Å². The van der Waals surface area contributed by atoms with Gasteiger partial charge in [0.1, 0.15) is 0 Å². The first kappa shape index (κ1) is 7.55. The Bertz CT molecular complexity index is 66.6. The van der Waals surface area contributed by atoms with Crippen molar-refractivity contribution in [3.05, 3.63) is 0 Å². The molecule has 0 aromatic heterocycles. The molecule has 0 aromatic rings. The van der Waals surface area contributed by atoms with Crippen LogP contribution in [0.2, 0.25) is 0 Å². The van der Waals surface area contributed by atoms with E-state index in [-0.39, 0.29) is 0 Å². The fourth-order valence-electron chi connectivity index (χ4n) is 1.19. The molecular weight excluding hydrogens is 180 g/mol. The van der Waals surface area contributed by atoms with Crippen molar-refractivity contribution in [2.75, 3.05) is 18.5 Å². The van der Waals surface area contributed by atoms with E-state index in [9.17, 15) is 0 Å². The molecule has 54 valence electrons. The lowest BCUT2D eigenvalue weighted by atomic mass is 9.98. The van der Waals surface area contributed by atoms with Crippen LogP contribution in [0.15, 0.2) is 0 Å². The van der Waals surface area contributed by atoms with Crippen LogP contribution in [-0.4, -0.2) is 18.5 Å². The Labute approximate surface area is 64.9 Å². The number of hydrogen-bond acceptors (Lipinski definition) is 1. The molecule has 1 fully saturated rings. The molecular formula is C7H13BrO. The zero-order chi connectivity index (χ0) is 6.53. The number of rotatable bonds is 2. The summed E-state index contributed by atoms with van der Waals surface area (Å²) in [6, 6.07) is 0. The minimum Gasteiger partial charge on any atom is -0.381 e. The van der Waals surface area contributed by atoms with E-state index in [2.05, 4.69) is 15.9 Å². The zero-order valence-corrected chi connectivity index (χ0v) is 7.19. The van der Waals surface area contributed by atoms with Crippen LogP contribution in [0.4, 0.5) is 0 Å². The van der Waals surface area contributed by atoms with E-state index in [0.29, 0.717) is 0 Å². The molecule has 0 amide bonds. The second-order valence-corrected chi connectivity index (χ2v) is 3.33. The number of alkyl halides is 1. The summed E-state index contributed by atoms with van der Waals surface area (Å²) in [4.78, 5) is 0. The molecule has 0 N–H and O–H groups in total. The normalized spacial score (nSPS) is 22.3. The summed E-state index contributed by atoms with van der Waals surface area (Å²) in [6.07, 6.45) is 3.86. The predicted molar refractivity (Wildman–Crippen MR) is 42.0 cm³/mol. The molecule has 1 aliphatic rings. The smallest absolute Gasteiger partial charge is 0.0468 e. The van der Waals surface area contributed by atoms with Crippen molar-refractivity contribution < 1.29 is 4.74 Å². The van der Waals surface area contributed by atoms with Crippen molar-refractivity contribution in [2.45, 2.75) is 19.3 Å². The molecule has 0 atom stereocenters. The Morgan fingerprint density at radius 3 is 2.56 bits per heavy atom. The van der Waals surface area contributed by atoms with E-state index < -0.39 is 0 Å². The van der Waals surface area contributed by atoms with Gasteiger partial charge in [0.15, 0.2) is 0 Å². The van der Waals surface area contributed by atoms with Crippen LogP contribution in [-0.2, 0) is 4.74 Å². The average Bonchev–Trinajstić information content (AvgIpc) is 1.91. The maximum Gasteiger partial charge on any atom is 0.0468 e. The van der Waals surface area contributed by atoms with Crippen molar-refractivity contribution in [1.82, 2.24) is 0 Å². The predicted octanol–water partition coefficient (Wildman–Crippen LogP) is 2.20. The first-order valence-corrected chi connectivity index (χ1v) is 4.69. The highest BCUT2D eigenvalue weighted by molar-refractivity contribution is 9.09. The standard InChI is InChI=1S/C7H13BrO/c8-4-1-7-2-5-9-6-3-7/h7H,1-6H2. The van der Waals surface area contributed by atoms with Crippen LogP contribution in [0, 0.1) is 5.92 Å². The van der Waals surface area contributed by atoms with Crippen molar-refractivity contribution in [3.8, 4) is 0 Å². The minimum atomic E-state index is 0.929. The Balaban J connectivity index is 2.08. The SMILES string of the molecule is BrCCC1CCOCC1. The molecule has 1 aliphatic heterocycles. The lowest BCUT2D eigenvalue weighted by molar-refractivity contribution is 0.0658. The van der Waals surface area contributed by atoms with Gasteiger partial charge in [-0.1, -0.05) is 15.9 Å². The fraction of sp³-hybridized carbons (Fsp3) is 1.00. The second kappa shape index (κ2) is 4.29. The second-order valence-electron chi connectivity index (χ2n) is 2.53. The van der Waals surface area contributed by atoms with Crippen molar-refractivity contribution in [2.24, 2.45) is 5.92 Å². The summed E-state index contributed by atoms with van der Waals surface area (Å²) in [6.45, 7) is 1.97. The summed E-state index contributed by atoms with van der Waals surface area (Å²) < 4.78 is 5.23. The maximum atomic E-state index is 5.23. The van der Waals surface area contributed by atoms with Crippen LogP contribution in [0.5, 0.6) is 0 Å². The number of hydrogen-bond donors (Lipinski definition) is 0. The van der Waals surface area contributed by atoms with Gasteiger partial charge in [-0.2, -0.15) is 0 Å². The molecule has 1 nitrogen and oxygen atoms in total. The molecule has 1 saturated heterocycles. The lowest BCUT2D eigenvalue weighted by Gasteiger charge is -2.20. The molecule has 0 aliphatic carbocycles. The third kappa shape index (κ3) is 2.67. The van der Waals surface area contributed by atoms with Crippen molar-refractivity contribution in [3.63, 3.8) is 0 Å². The zero-order valence-electron chi connectivity index (χ0n) is 5.61. The van der Waals surface area contributed by atoms with Crippen LogP contribution in [0.1, 0.15) is 19.3 Å². The Morgan fingerprint density at radius 1 is 1.33 bits per heavy atom. The summed E-state index contributed by atoms with van der Waals surface area (Å²) in [5.41, 5.74) is 0. The topological polar surface area (TPSA) is 9.23 Å². The highest BCUT2D eigenvalue weighted by Gasteiger charge is 2.11. The van der Waals surface area contributed by atoms with Gasteiger partial charge in [0.25, 0.3) is 0 Å². The first-order valence-electron chi connectivity index (χ1n) is 3.57. The molecule has 2 heteroatoms. The van der Waals surface area contributed by atoms with E-state index in [0.717, 1.165) is 24.5 Å². The van der Waals surface area contributed by atoms with Gasteiger partial charge in [0, 0.05) is 18.5 Å². The molecule has 0 aromatic carbocycles. The van der Waals surface area contributed by atoms with Crippen molar-refractivity contribution in [1.29, 1.82) is 0 Å². The van der Waals surface area contributed by atoms with Gasteiger partial charge in [-0.25, -0.2) is 0 Å². The van der Waals surface area contributed by atoms with Crippen LogP contribution >= 0.6 is 15.9 Å². The molecule has 1 rings (SSSR count). The van der Waals surface area contributed by atoms with Gasteiger partial charge >= 0.3 is 0 Å². The van der Waals surface area contributed by atoms with E-state index in [1.807, 2.05) is 0 Å². The molecule has 0 bridgehead atoms. The Kier molecular flexibility index (Phi) is 3.59. The largest absolute Gasteiger partial charge is 0.381 e. The molecule has 0 unspecified atom stereocenters. The lowest BCUT2D eigenvalue weighted by Crippen LogP contribution is -2.15.